The second-order valence-corrected chi connectivity index (χ2v) is 11.2. The van der Waals surface area contributed by atoms with Gasteiger partial charge >= 0.3 is 0 Å². The molecule has 1 aromatic carbocycles. The monoisotopic (exact) mass is 446 g/mol. The van der Waals surface area contributed by atoms with E-state index in [4.69, 9.17) is 0 Å². The number of hydrogen-bond acceptors (Lipinski definition) is 3. The smallest absolute Gasteiger partial charge is 0.291 e. The summed E-state index contributed by atoms with van der Waals surface area (Å²) in [6.45, 7) is 2.89. The van der Waals surface area contributed by atoms with E-state index < -0.39 is 0 Å². The number of nitrogens with zero attached hydrogens (tertiary/aromatic N) is 3. The van der Waals surface area contributed by atoms with Crippen molar-refractivity contribution in [2.45, 2.75) is 70.9 Å². The number of fused-ring (bicyclic) bond motifs is 3. The molecule has 0 spiro atoms. The van der Waals surface area contributed by atoms with Crippen LogP contribution in [0.1, 0.15) is 58.3 Å². The second kappa shape index (κ2) is 7.71. The fourth-order valence-electron chi connectivity index (χ4n) is 7.85. The molecule has 6 heteroatoms. The van der Waals surface area contributed by atoms with Crippen molar-refractivity contribution in [1.29, 1.82) is 0 Å². The van der Waals surface area contributed by atoms with E-state index in [1.807, 2.05) is 24.3 Å². The Kier molecular flexibility index (Phi) is 4.89. The molecular formula is C27H34N4O2. The lowest BCUT2D eigenvalue weighted by Gasteiger charge is -2.59. The summed E-state index contributed by atoms with van der Waals surface area (Å²) in [7, 11) is 1.68. The normalized spacial score (nSPS) is 29.1. The van der Waals surface area contributed by atoms with Crippen molar-refractivity contribution in [2.75, 3.05) is 0 Å². The Bertz CT molecular complexity index is 1250. The van der Waals surface area contributed by atoms with Crippen LogP contribution in [0.4, 0.5) is 0 Å². The third-order valence-corrected chi connectivity index (χ3v) is 9.03. The molecule has 174 valence electrons. The minimum absolute atomic E-state index is 0.0939. The second-order valence-electron chi connectivity index (χ2n) is 11.2. The van der Waals surface area contributed by atoms with Crippen molar-refractivity contribution < 1.29 is 4.79 Å². The highest BCUT2D eigenvalue weighted by Crippen LogP contribution is 2.61. The van der Waals surface area contributed by atoms with Crippen LogP contribution in [0, 0.1) is 23.2 Å². The van der Waals surface area contributed by atoms with Crippen molar-refractivity contribution >= 4 is 27.7 Å². The minimum Gasteiger partial charge on any atom is -0.353 e. The van der Waals surface area contributed by atoms with E-state index in [0.29, 0.717) is 30.3 Å². The molecule has 2 heterocycles. The van der Waals surface area contributed by atoms with Crippen molar-refractivity contribution in [3.63, 3.8) is 0 Å². The van der Waals surface area contributed by atoms with E-state index >= 15 is 0 Å². The molecule has 6 nitrogen and oxygen atoms in total. The molecule has 0 unspecified atom stereocenters. The number of aryl methyl sites for hydroxylation is 2. The average Bonchev–Trinajstić information content (AvgIpc) is 3.10. The van der Waals surface area contributed by atoms with Gasteiger partial charge in [0.15, 0.2) is 0 Å². The Morgan fingerprint density at radius 1 is 1.12 bits per heavy atom. The SMILES string of the molecule is C[C@H](NC(=O)CCCn1c2ccccc2c2cnn(C)c(=O)c21)C12CC3CC(CC(C3)C1)C2. The van der Waals surface area contributed by atoms with E-state index in [-0.39, 0.29) is 17.5 Å². The highest BCUT2D eigenvalue weighted by Gasteiger charge is 2.53. The predicted molar refractivity (Wildman–Crippen MR) is 130 cm³/mol. The van der Waals surface area contributed by atoms with Gasteiger partial charge in [-0.3, -0.25) is 9.59 Å². The molecule has 4 saturated carbocycles. The molecule has 0 radical (unpaired) electrons. The van der Waals surface area contributed by atoms with Gasteiger partial charge in [-0.1, -0.05) is 18.2 Å². The number of amides is 1. The van der Waals surface area contributed by atoms with Gasteiger partial charge in [0.05, 0.1) is 6.20 Å². The number of carbonyl (C=O) groups is 1. The number of rotatable bonds is 6. The van der Waals surface area contributed by atoms with Crippen LogP contribution in [0.25, 0.3) is 21.8 Å². The van der Waals surface area contributed by atoms with Gasteiger partial charge in [-0.2, -0.15) is 5.10 Å². The van der Waals surface area contributed by atoms with Crippen LogP contribution >= 0.6 is 0 Å². The van der Waals surface area contributed by atoms with Gasteiger partial charge in [-0.15, -0.1) is 0 Å². The maximum Gasteiger partial charge on any atom is 0.291 e. The Morgan fingerprint density at radius 2 is 1.79 bits per heavy atom. The molecule has 4 aliphatic carbocycles. The van der Waals surface area contributed by atoms with Crippen molar-refractivity contribution in [3.8, 4) is 0 Å². The molecule has 4 aliphatic rings. The molecule has 4 fully saturated rings. The summed E-state index contributed by atoms with van der Waals surface area (Å²) in [5.41, 5.74) is 1.94. The summed E-state index contributed by atoms with van der Waals surface area (Å²) in [5.74, 6) is 2.82. The zero-order valence-corrected chi connectivity index (χ0v) is 19.7. The molecule has 33 heavy (non-hydrogen) atoms. The Labute approximate surface area is 194 Å². The van der Waals surface area contributed by atoms with Gasteiger partial charge < -0.3 is 9.88 Å². The number of benzene rings is 1. The molecule has 0 saturated heterocycles. The van der Waals surface area contributed by atoms with E-state index in [1.165, 1.54) is 43.2 Å². The predicted octanol–water partition coefficient (Wildman–Crippen LogP) is 4.39. The third-order valence-electron chi connectivity index (χ3n) is 9.03. The molecule has 3 aromatic rings. The lowest BCUT2D eigenvalue weighted by Crippen LogP contribution is -2.55. The number of nitrogens with one attached hydrogen (secondary N) is 1. The molecule has 4 bridgehead atoms. The summed E-state index contributed by atoms with van der Waals surface area (Å²) in [5, 5.41) is 9.53. The van der Waals surface area contributed by atoms with Crippen LogP contribution in [-0.2, 0) is 18.4 Å². The van der Waals surface area contributed by atoms with Gasteiger partial charge in [0.1, 0.15) is 5.52 Å². The van der Waals surface area contributed by atoms with Crippen LogP contribution in [0.15, 0.2) is 35.3 Å². The van der Waals surface area contributed by atoms with Crippen LogP contribution < -0.4 is 10.9 Å². The lowest BCUT2D eigenvalue weighted by atomic mass is 9.48. The Morgan fingerprint density at radius 3 is 2.48 bits per heavy atom. The lowest BCUT2D eigenvalue weighted by molar-refractivity contribution is -0.126. The molecular weight excluding hydrogens is 412 g/mol. The number of carbonyl (C=O) groups excluding carboxylic acids is 1. The summed E-state index contributed by atoms with van der Waals surface area (Å²) in [6.07, 6.45) is 11.1. The van der Waals surface area contributed by atoms with Gasteiger partial charge in [-0.05, 0) is 81.1 Å². The summed E-state index contributed by atoms with van der Waals surface area (Å²) in [6, 6.07) is 8.32. The third kappa shape index (κ3) is 3.41. The first kappa shape index (κ1) is 20.9. The van der Waals surface area contributed by atoms with E-state index in [9.17, 15) is 9.59 Å². The standard InChI is InChI=1S/C27H34N4O2/c1-17(27-13-18-10-19(14-27)12-20(11-18)15-27)29-24(32)8-5-9-31-23-7-4-3-6-21(23)22-16-28-30(2)26(33)25(22)31/h3-4,6-7,16-20H,5,8-15H2,1-2H3,(H,29,32)/t17-,18?,19?,20?,27?/m0/s1. The first-order valence-electron chi connectivity index (χ1n) is 12.7. The summed E-state index contributed by atoms with van der Waals surface area (Å²) >= 11 is 0. The molecule has 7 rings (SSSR count). The van der Waals surface area contributed by atoms with E-state index in [2.05, 4.69) is 21.9 Å². The van der Waals surface area contributed by atoms with E-state index in [0.717, 1.165) is 34.0 Å². The Balaban J connectivity index is 1.16. The summed E-state index contributed by atoms with van der Waals surface area (Å²) in [4.78, 5) is 25.8. The fourth-order valence-corrected chi connectivity index (χ4v) is 7.85. The van der Waals surface area contributed by atoms with Crippen molar-refractivity contribution in [2.24, 2.45) is 30.2 Å². The van der Waals surface area contributed by atoms with Gasteiger partial charge in [0.2, 0.25) is 5.91 Å². The largest absolute Gasteiger partial charge is 0.353 e. The fraction of sp³-hybridized carbons (Fsp3) is 0.593. The maximum atomic E-state index is 12.9. The Hall–Kier alpha value is -2.63. The highest BCUT2D eigenvalue weighted by atomic mass is 16.1. The van der Waals surface area contributed by atoms with Gasteiger partial charge in [0, 0.05) is 42.3 Å². The molecule has 1 amide bonds. The first-order valence-corrected chi connectivity index (χ1v) is 12.7. The van der Waals surface area contributed by atoms with Gasteiger partial charge in [0.25, 0.3) is 5.56 Å². The topological polar surface area (TPSA) is 68.9 Å². The van der Waals surface area contributed by atoms with Crippen molar-refractivity contribution in [3.05, 3.63) is 40.8 Å². The highest BCUT2D eigenvalue weighted by molar-refractivity contribution is 6.07. The zero-order valence-electron chi connectivity index (χ0n) is 19.7. The van der Waals surface area contributed by atoms with Gasteiger partial charge in [-0.25, -0.2) is 4.68 Å². The average molecular weight is 447 g/mol. The minimum atomic E-state index is -0.0939. The van der Waals surface area contributed by atoms with Crippen LogP contribution in [0.5, 0.6) is 0 Å². The first-order chi connectivity index (χ1) is 15.9. The van der Waals surface area contributed by atoms with Crippen molar-refractivity contribution in [1.82, 2.24) is 19.7 Å². The number of para-hydroxylation sites is 1. The number of hydrogen-bond donors (Lipinski definition) is 1. The molecule has 1 N–H and O–H groups in total. The molecule has 1 atom stereocenters. The molecule has 2 aromatic heterocycles. The van der Waals surface area contributed by atoms with Crippen LogP contribution in [0.2, 0.25) is 0 Å². The van der Waals surface area contributed by atoms with Crippen LogP contribution in [-0.4, -0.2) is 26.3 Å². The maximum absolute atomic E-state index is 12.9. The number of aromatic nitrogens is 3. The zero-order chi connectivity index (χ0) is 22.7. The quantitative estimate of drug-likeness (QED) is 0.611. The summed E-state index contributed by atoms with van der Waals surface area (Å²) < 4.78 is 3.46. The van der Waals surface area contributed by atoms with E-state index in [1.54, 1.807) is 13.2 Å². The molecule has 0 aliphatic heterocycles. The van der Waals surface area contributed by atoms with Crippen LogP contribution in [0.3, 0.4) is 0 Å².